The summed E-state index contributed by atoms with van der Waals surface area (Å²) in [5, 5.41) is 11.5. The molecule has 230 valence electrons. The molecule has 0 saturated heterocycles. The third-order valence-corrected chi connectivity index (χ3v) is 11.3. The molecule has 4 nitrogen and oxygen atoms in total. The van der Waals surface area contributed by atoms with Crippen molar-refractivity contribution in [2.75, 3.05) is 0 Å². The highest BCUT2D eigenvalue weighted by atomic mass is 32.1. The predicted octanol–water partition coefficient (Wildman–Crippen LogP) is 11.0. The molecule has 0 fully saturated rings. The highest BCUT2D eigenvalue weighted by Gasteiger charge is 2.30. The third kappa shape index (κ3) is 3.71. The minimum absolute atomic E-state index is 0.00917. The topological polar surface area (TPSA) is 34.2 Å². The van der Waals surface area contributed by atoms with E-state index in [1.165, 1.54) is 58.3 Å². The van der Waals surface area contributed by atoms with E-state index in [4.69, 9.17) is 4.99 Å². The zero-order valence-electron chi connectivity index (χ0n) is 26.3. The Hall–Kier alpha value is -6.17. The van der Waals surface area contributed by atoms with Crippen LogP contribution in [0, 0.1) is 0 Å². The molecule has 0 radical (unpaired) electrons. The van der Waals surface area contributed by atoms with Crippen LogP contribution in [-0.4, -0.2) is 21.1 Å². The largest absolute Gasteiger partial charge is 0.345 e. The molecule has 0 spiro atoms. The van der Waals surface area contributed by atoms with Gasteiger partial charge in [-0.25, -0.2) is 4.99 Å². The molecule has 4 heterocycles. The average Bonchev–Trinajstić information content (AvgIpc) is 3.83. The van der Waals surface area contributed by atoms with E-state index >= 15 is 0 Å². The summed E-state index contributed by atoms with van der Waals surface area (Å²) in [6, 6.07) is 48.0. The molecule has 2 aliphatic rings. The fourth-order valence-electron chi connectivity index (χ4n) is 8.12. The minimum atomic E-state index is -0.00917. The second-order valence-corrected chi connectivity index (χ2v) is 13.8. The van der Waals surface area contributed by atoms with Crippen molar-refractivity contribution in [2.24, 2.45) is 4.99 Å². The van der Waals surface area contributed by atoms with Crippen LogP contribution in [0.15, 0.2) is 168 Å². The number of nitrogens with zero attached hydrogens (tertiary/aromatic N) is 3. The SMILES string of the molecule is C1=CC2=C(c3ccccc3)N=C(n3c4ccccc4c4c5c6ccccc6sc5c5c6ccccc6n(-c6ccccc6)c5c43)NC2C=C1. The van der Waals surface area contributed by atoms with E-state index in [1.807, 2.05) is 11.3 Å². The standard InChI is InChI=1S/C44H28N4S/c1-3-15-27(16-4-1)40-29-19-7-11-23-33(29)45-44(46-40)48-35-25-13-8-20-30(35)37-38-32-22-10-14-26-36(32)49-43(38)39-31-21-9-12-24-34(31)47(42(39)41(37)48)28-17-5-2-6-18-28/h1-26,33H,(H,45,46). The molecule has 11 rings (SSSR count). The zero-order valence-corrected chi connectivity index (χ0v) is 27.2. The first-order chi connectivity index (χ1) is 24.3. The maximum Gasteiger partial charge on any atom is 0.209 e. The number of aromatic nitrogens is 2. The molecule has 1 aliphatic carbocycles. The summed E-state index contributed by atoms with van der Waals surface area (Å²) in [4.78, 5) is 5.53. The molecule has 5 heteroatoms. The Labute approximate surface area is 285 Å². The first kappa shape index (κ1) is 26.9. The molecule has 0 amide bonds. The fraction of sp³-hybridized carbons (Fsp3) is 0.0227. The van der Waals surface area contributed by atoms with Crippen LogP contribution in [0.5, 0.6) is 0 Å². The van der Waals surface area contributed by atoms with Gasteiger partial charge in [-0.05, 0) is 30.3 Å². The lowest BCUT2D eigenvalue weighted by molar-refractivity contribution is 0.805. The van der Waals surface area contributed by atoms with Gasteiger partial charge in [-0.3, -0.25) is 4.57 Å². The van der Waals surface area contributed by atoms with Crippen molar-refractivity contribution in [2.45, 2.75) is 6.04 Å². The maximum atomic E-state index is 5.53. The molecule has 1 aliphatic heterocycles. The van der Waals surface area contributed by atoms with E-state index in [2.05, 4.69) is 172 Å². The van der Waals surface area contributed by atoms with E-state index in [9.17, 15) is 0 Å². The van der Waals surface area contributed by atoms with Crippen LogP contribution in [-0.2, 0) is 0 Å². The van der Waals surface area contributed by atoms with Gasteiger partial charge >= 0.3 is 0 Å². The minimum Gasteiger partial charge on any atom is -0.345 e. The Morgan fingerprint density at radius 3 is 2.00 bits per heavy atom. The molecule has 0 bridgehead atoms. The first-order valence-corrected chi connectivity index (χ1v) is 17.5. The van der Waals surface area contributed by atoms with Gasteiger partial charge in [-0.15, -0.1) is 11.3 Å². The highest BCUT2D eigenvalue weighted by molar-refractivity contribution is 7.27. The van der Waals surface area contributed by atoms with Gasteiger partial charge in [0.25, 0.3) is 0 Å². The van der Waals surface area contributed by atoms with Crippen molar-refractivity contribution in [3.63, 3.8) is 0 Å². The summed E-state index contributed by atoms with van der Waals surface area (Å²) >= 11 is 1.90. The van der Waals surface area contributed by atoms with Crippen LogP contribution >= 0.6 is 11.3 Å². The van der Waals surface area contributed by atoms with Crippen molar-refractivity contribution >= 4 is 86.8 Å². The molecular formula is C44H28N4S. The molecule has 6 aromatic carbocycles. The number of fused-ring (bicyclic) bond motifs is 13. The number of hydrogen-bond donors (Lipinski definition) is 1. The lowest BCUT2D eigenvalue weighted by atomic mass is 9.95. The number of para-hydroxylation sites is 3. The van der Waals surface area contributed by atoms with Gasteiger partial charge in [0.1, 0.15) is 0 Å². The summed E-state index contributed by atoms with van der Waals surface area (Å²) in [5.74, 6) is 0.823. The molecule has 9 aromatic rings. The Balaban J connectivity index is 1.41. The van der Waals surface area contributed by atoms with E-state index in [0.29, 0.717) is 0 Å². The Kier molecular flexibility index (Phi) is 5.57. The Bertz CT molecular complexity index is 2950. The quantitative estimate of drug-likeness (QED) is 0.200. The van der Waals surface area contributed by atoms with Crippen molar-refractivity contribution in [3.8, 4) is 5.69 Å². The second-order valence-electron chi connectivity index (χ2n) is 12.8. The lowest BCUT2D eigenvalue weighted by Gasteiger charge is -2.29. The summed E-state index contributed by atoms with van der Waals surface area (Å²) in [6.45, 7) is 0. The van der Waals surface area contributed by atoms with Gasteiger partial charge in [0.15, 0.2) is 0 Å². The van der Waals surface area contributed by atoms with Crippen LogP contribution < -0.4 is 5.32 Å². The maximum absolute atomic E-state index is 5.53. The van der Waals surface area contributed by atoms with Gasteiger partial charge in [-0.2, -0.15) is 0 Å². The van der Waals surface area contributed by atoms with Gasteiger partial charge in [0.2, 0.25) is 5.96 Å². The van der Waals surface area contributed by atoms with Crippen molar-refractivity contribution in [3.05, 3.63) is 169 Å². The van der Waals surface area contributed by atoms with Crippen LogP contribution in [0.1, 0.15) is 5.56 Å². The van der Waals surface area contributed by atoms with E-state index in [1.54, 1.807) is 0 Å². The molecule has 1 unspecified atom stereocenters. The Morgan fingerprint density at radius 1 is 0.571 bits per heavy atom. The molecule has 1 N–H and O–H groups in total. The number of benzene rings is 6. The number of thiophene rings is 1. The Morgan fingerprint density at radius 2 is 1.20 bits per heavy atom. The van der Waals surface area contributed by atoms with E-state index in [0.717, 1.165) is 33.9 Å². The van der Waals surface area contributed by atoms with E-state index in [-0.39, 0.29) is 6.04 Å². The van der Waals surface area contributed by atoms with Gasteiger partial charge in [0.05, 0.1) is 33.8 Å². The van der Waals surface area contributed by atoms with Crippen molar-refractivity contribution < 1.29 is 0 Å². The van der Waals surface area contributed by atoms with Crippen molar-refractivity contribution in [1.29, 1.82) is 0 Å². The van der Waals surface area contributed by atoms with Gasteiger partial charge in [-0.1, -0.05) is 127 Å². The average molecular weight is 645 g/mol. The zero-order chi connectivity index (χ0) is 32.1. The van der Waals surface area contributed by atoms with Crippen LogP contribution in [0.3, 0.4) is 0 Å². The van der Waals surface area contributed by atoms with Crippen LogP contribution in [0.4, 0.5) is 0 Å². The fourth-order valence-corrected chi connectivity index (χ4v) is 9.39. The molecule has 3 aromatic heterocycles. The smallest absolute Gasteiger partial charge is 0.209 e. The number of rotatable bonds is 2. The van der Waals surface area contributed by atoms with Gasteiger partial charge < -0.3 is 9.88 Å². The third-order valence-electron chi connectivity index (χ3n) is 10.1. The van der Waals surface area contributed by atoms with Gasteiger partial charge in [0, 0.05) is 58.5 Å². The molecular weight excluding hydrogens is 617 g/mol. The first-order valence-electron chi connectivity index (χ1n) is 16.7. The normalized spacial score (nSPS) is 16.0. The number of hydrogen-bond acceptors (Lipinski definition) is 3. The summed E-state index contributed by atoms with van der Waals surface area (Å²) in [5.41, 5.74) is 9.08. The van der Waals surface area contributed by atoms with Crippen molar-refractivity contribution in [1.82, 2.24) is 14.5 Å². The monoisotopic (exact) mass is 644 g/mol. The second kappa shape index (κ2) is 10.2. The summed E-state index contributed by atoms with van der Waals surface area (Å²) in [6.07, 6.45) is 8.67. The predicted molar refractivity (Wildman–Crippen MR) is 208 cm³/mol. The molecule has 0 saturated carbocycles. The molecule has 49 heavy (non-hydrogen) atoms. The molecule has 1 atom stereocenters. The number of allylic oxidation sites excluding steroid dienone is 2. The highest BCUT2D eigenvalue weighted by Crippen LogP contribution is 2.50. The number of aliphatic imine (C=N–C) groups is 1. The van der Waals surface area contributed by atoms with Crippen LogP contribution in [0.2, 0.25) is 0 Å². The van der Waals surface area contributed by atoms with E-state index < -0.39 is 0 Å². The van der Waals surface area contributed by atoms with Crippen LogP contribution in [0.25, 0.3) is 75.2 Å². The summed E-state index contributed by atoms with van der Waals surface area (Å²) < 4.78 is 7.50. The summed E-state index contributed by atoms with van der Waals surface area (Å²) in [7, 11) is 0. The lowest BCUT2D eigenvalue weighted by Crippen LogP contribution is -2.42. The number of nitrogens with one attached hydrogen (secondary N) is 1.